The molecule has 1 aliphatic heterocycles. The van der Waals surface area contributed by atoms with Gasteiger partial charge in [-0.15, -0.1) is 0 Å². The standard InChI is InChI=1S/C24H28N4OS/c1-18(2)28-23(21-9-11-22(29-3)12-10-21)25-27(24(28)30)17-26-15-13-20(14-16-26)19-7-5-4-6-8-19/h4-13,18H,14-17H2,1-3H3. The molecular weight excluding hydrogens is 392 g/mol. The second-order valence-corrected chi connectivity index (χ2v) is 8.23. The Morgan fingerprint density at radius 1 is 1.03 bits per heavy atom. The van der Waals surface area contributed by atoms with Crippen molar-refractivity contribution in [1.29, 1.82) is 0 Å². The van der Waals surface area contributed by atoms with Crippen LogP contribution in [0.25, 0.3) is 17.0 Å². The van der Waals surface area contributed by atoms with Crippen LogP contribution in [-0.4, -0.2) is 39.4 Å². The van der Waals surface area contributed by atoms with Crippen LogP contribution in [0.1, 0.15) is 31.9 Å². The number of aromatic nitrogens is 3. The second kappa shape index (κ2) is 8.98. The first-order valence-corrected chi connectivity index (χ1v) is 10.8. The highest BCUT2D eigenvalue weighted by Crippen LogP contribution is 2.26. The van der Waals surface area contributed by atoms with Crippen LogP contribution in [0.3, 0.4) is 0 Å². The quantitative estimate of drug-likeness (QED) is 0.499. The van der Waals surface area contributed by atoms with E-state index in [-0.39, 0.29) is 6.04 Å². The van der Waals surface area contributed by atoms with Gasteiger partial charge in [0.2, 0.25) is 0 Å². The number of nitrogens with zero attached hydrogens (tertiary/aromatic N) is 4. The van der Waals surface area contributed by atoms with E-state index in [1.54, 1.807) is 7.11 Å². The Balaban J connectivity index is 1.56. The van der Waals surface area contributed by atoms with E-state index in [0.29, 0.717) is 6.67 Å². The maximum absolute atomic E-state index is 5.80. The molecule has 6 heteroatoms. The fourth-order valence-corrected chi connectivity index (χ4v) is 4.25. The van der Waals surface area contributed by atoms with Gasteiger partial charge in [-0.3, -0.25) is 9.47 Å². The van der Waals surface area contributed by atoms with E-state index < -0.39 is 0 Å². The minimum Gasteiger partial charge on any atom is -0.497 e. The number of benzene rings is 2. The highest BCUT2D eigenvalue weighted by atomic mass is 32.1. The SMILES string of the molecule is COc1ccc(-c2nn(CN3CC=C(c4ccccc4)CC3)c(=S)n2C(C)C)cc1. The van der Waals surface area contributed by atoms with Crippen molar-refractivity contribution in [2.45, 2.75) is 33.0 Å². The summed E-state index contributed by atoms with van der Waals surface area (Å²) in [4.78, 5) is 2.39. The van der Waals surface area contributed by atoms with E-state index in [1.165, 1.54) is 11.1 Å². The second-order valence-electron chi connectivity index (χ2n) is 7.86. The van der Waals surface area contributed by atoms with Crippen molar-refractivity contribution in [3.63, 3.8) is 0 Å². The van der Waals surface area contributed by atoms with Crippen LogP contribution in [0.4, 0.5) is 0 Å². The molecule has 0 amide bonds. The van der Waals surface area contributed by atoms with Gasteiger partial charge in [0.1, 0.15) is 5.75 Å². The van der Waals surface area contributed by atoms with Crippen molar-refractivity contribution < 1.29 is 4.74 Å². The maximum Gasteiger partial charge on any atom is 0.199 e. The number of methoxy groups -OCH3 is 1. The molecule has 2 aromatic carbocycles. The van der Waals surface area contributed by atoms with Crippen molar-refractivity contribution >= 4 is 17.8 Å². The van der Waals surface area contributed by atoms with Gasteiger partial charge in [-0.25, -0.2) is 4.68 Å². The molecule has 0 radical (unpaired) electrons. The predicted molar refractivity (Wildman–Crippen MR) is 124 cm³/mol. The largest absolute Gasteiger partial charge is 0.497 e. The van der Waals surface area contributed by atoms with Gasteiger partial charge in [0.25, 0.3) is 0 Å². The Kier molecular flexibility index (Phi) is 6.16. The molecule has 1 aromatic heterocycles. The first-order chi connectivity index (χ1) is 14.6. The molecule has 1 aliphatic rings. The highest BCUT2D eigenvalue weighted by molar-refractivity contribution is 7.71. The molecule has 0 spiro atoms. The third-order valence-electron chi connectivity index (χ3n) is 5.51. The molecule has 4 rings (SSSR count). The van der Waals surface area contributed by atoms with E-state index in [4.69, 9.17) is 22.1 Å². The Morgan fingerprint density at radius 2 is 1.77 bits per heavy atom. The molecule has 0 unspecified atom stereocenters. The summed E-state index contributed by atoms with van der Waals surface area (Å²) in [6.07, 6.45) is 3.36. The molecular formula is C24H28N4OS. The van der Waals surface area contributed by atoms with Crippen LogP contribution in [0.5, 0.6) is 5.75 Å². The molecule has 0 atom stereocenters. The van der Waals surface area contributed by atoms with Gasteiger partial charge in [-0.1, -0.05) is 36.4 Å². The van der Waals surface area contributed by atoms with Crippen molar-refractivity contribution in [1.82, 2.24) is 19.2 Å². The zero-order chi connectivity index (χ0) is 21.1. The Hall–Kier alpha value is -2.70. The summed E-state index contributed by atoms with van der Waals surface area (Å²) < 4.78 is 10.1. The lowest BCUT2D eigenvalue weighted by Crippen LogP contribution is -2.31. The van der Waals surface area contributed by atoms with Gasteiger partial charge in [-0.2, -0.15) is 5.10 Å². The van der Waals surface area contributed by atoms with E-state index >= 15 is 0 Å². The van der Waals surface area contributed by atoms with Crippen molar-refractivity contribution in [3.05, 3.63) is 71.0 Å². The van der Waals surface area contributed by atoms with Gasteiger partial charge in [0.05, 0.1) is 13.8 Å². The third-order valence-corrected chi connectivity index (χ3v) is 5.91. The Morgan fingerprint density at radius 3 is 2.37 bits per heavy atom. The van der Waals surface area contributed by atoms with Gasteiger partial charge in [-0.05, 0) is 67.9 Å². The van der Waals surface area contributed by atoms with Crippen molar-refractivity contribution in [2.75, 3.05) is 20.2 Å². The fourth-order valence-electron chi connectivity index (χ4n) is 3.86. The average molecular weight is 421 g/mol. The van der Waals surface area contributed by atoms with E-state index in [1.807, 2.05) is 28.9 Å². The van der Waals surface area contributed by atoms with Crippen LogP contribution in [-0.2, 0) is 6.67 Å². The average Bonchev–Trinajstić information content (AvgIpc) is 3.11. The third kappa shape index (κ3) is 4.25. The van der Waals surface area contributed by atoms with Crippen LogP contribution in [0.2, 0.25) is 0 Å². The summed E-state index contributed by atoms with van der Waals surface area (Å²) in [5, 5.41) is 4.90. The first-order valence-electron chi connectivity index (χ1n) is 10.4. The summed E-state index contributed by atoms with van der Waals surface area (Å²) >= 11 is 5.80. The summed E-state index contributed by atoms with van der Waals surface area (Å²) in [7, 11) is 1.68. The normalized spacial score (nSPS) is 14.7. The Bertz CT molecular complexity index is 1080. The summed E-state index contributed by atoms with van der Waals surface area (Å²) in [5.74, 6) is 1.73. The van der Waals surface area contributed by atoms with E-state index in [0.717, 1.165) is 41.4 Å². The molecule has 0 saturated carbocycles. The summed E-state index contributed by atoms with van der Waals surface area (Å²) in [6, 6.07) is 18.9. The monoisotopic (exact) mass is 420 g/mol. The molecule has 3 aromatic rings. The van der Waals surface area contributed by atoms with E-state index in [9.17, 15) is 0 Å². The van der Waals surface area contributed by atoms with Crippen LogP contribution >= 0.6 is 12.2 Å². The molecule has 2 heterocycles. The Labute approximate surface area is 183 Å². The summed E-state index contributed by atoms with van der Waals surface area (Å²) in [5.41, 5.74) is 3.78. The van der Waals surface area contributed by atoms with Gasteiger partial charge >= 0.3 is 0 Å². The molecule has 30 heavy (non-hydrogen) atoms. The maximum atomic E-state index is 5.80. The number of ether oxygens (including phenoxy) is 1. The zero-order valence-corrected chi connectivity index (χ0v) is 18.6. The molecule has 0 bridgehead atoms. The van der Waals surface area contributed by atoms with Crippen LogP contribution < -0.4 is 4.74 Å². The van der Waals surface area contributed by atoms with E-state index in [2.05, 4.69) is 59.7 Å². The molecule has 5 nitrogen and oxygen atoms in total. The zero-order valence-electron chi connectivity index (χ0n) is 17.8. The lowest BCUT2D eigenvalue weighted by atomic mass is 10.00. The minimum atomic E-state index is 0.231. The number of hydrogen-bond donors (Lipinski definition) is 0. The van der Waals surface area contributed by atoms with Gasteiger partial charge in [0.15, 0.2) is 10.6 Å². The lowest BCUT2D eigenvalue weighted by molar-refractivity contribution is 0.226. The predicted octanol–water partition coefficient (Wildman–Crippen LogP) is 5.42. The molecule has 0 N–H and O–H groups in total. The number of rotatable bonds is 6. The van der Waals surface area contributed by atoms with Gasteiger partial charge < -0.3 is 4.74 Å². The summed E-state index contributed by atoms with van der Waals surface area (Å²) in [6.45, 7) is 6.88. The smallest absolute Gasteiger partial charge is 0.199 e. The van der Waals surface area contributed by atoms with Crippen LogP contribution in [0.15, 0.2) is 60.7 Å². The van der Waals surface area contributed by atoms with Gasteiger partial charge in [0, 0.05) is 24.7 Å². The first kappa shape index (κ1) is 20.6. The van der Waals surface area contributed by atoms with Crippen molar-refractivity contribution in [3.8, 4) is 17.1 Å². The topological polar surface area (TPSA) is 35.2 Å². The molecule has 0 fully saturated rings. The van der Waals surface area contributed by atoms with Crippen LogP contribution in [0, 0.1) is 4.77 Å². The number of hydrogen-bond acceptors (Lipinski definition) is 4. The molecule has 0 saturated heterocycles. The lowest BCUT2D eigenvalue weighted by Gasteiger charge is -2.26. The molecule has 0 aliphatic carbocycles. The minimum absolute atomic E-state index is 0.231. The fraction of sp³-hybridized carbons (Fsp3) is 0.333. The highest BCUT2D eigenvalue weighted by Gasteiger charge is 2.18. The van der Waals surface area contributed by atoms with Crippen molar-refractivity contribution in [2.24, 2.45) is 0 Å². The molecule has 156 valence electrons.